The number of hydrogen-bond donors (Lipinski definition) is 0. The lowest BCUT2D eigenvalue weighted by Crippen LogP contribution is -2.35. The predicted molar refractivity (Wildman–Crippen MR) is 87.2 cm³/mol. The van der Waals surface area contributed by atoms with Crippen molar-refractivity contribution >= 4 is 5.82 Å². The van der Waals surface area contributed by atoms with E-state index >= 15 is 0 Å². The van der Waals surface area contributed by atoms with Crippen LogP contribution in [0.4, 0.5) is 14.6 Å². The van der Waals surface area contributed by atoms with Gasteiger partial charge < -0.3 is 9.64 Å². The minimum absolute atomic E-state index is 0.250. The Morgan fingerprint density at radius 3 is 2.92 bits per heavy atom. The van der Waals surface area contributed by atoms with Gasteiger partial charge in [0.05, 0.1) is 0 Å². The highest BCUT2D eigenvalue weighted by Crippen LogP contribution is 2.25. The Labute approximate surface area is 139 Å². The van der Waals surface area contributed by atoms with E-state index in [0.29, 0.717) is 12.6 Å². The molecule has 5 nitrogen and oxygen atoms in total. The summed E-state index contributed by atoms with van der Waals surface area (Å²) in [5.41, 5.74) is 0.781. The van der Waals surface area contributed by atoms with Crippen LogP contribution in [0.15, 0.2) is 42.9 Å². The molecule has 0 saturated carbocycles. The van der Waals surface area contributed by atoms with E-state index in [2.05, 4.69) is 24.5 Å². The maximum Gasteiger partial charge on any atom is 0.387 e. The molecule has 2 aromatic rings. The van der Waals surface area contributed by atoms with E-state index in [0.717, 1.165) is 30.9 Å². The first-order chi connectivity index (χ1) is 11.6. The fourth-order valence-electron chi connectivity index (χ4n) is 3.04. The number of rotatable bonds is 6. The van der Waals surface area contributed by atoms with Crippen LogP contribution in [0.1, 0.15) is 12.0 Å². The van der Waals surface area contributed by atoms with Gasteiger partial charge in [-0.15, -0.1) is 0 Å². The van der Waals surface area contributed by atoms with Crippen LogP contribution >= 0.6 is 0 Å². The molecule has 1 fully saturated rings. The standard InChI is InChI=1S/C17H20F2N4O/c1-22(16-6-8-20-12-21-16)14-7-9-23(11-14)10-13-4-2-3-5-15(13)24-17(18)19/h2-6,8,12,14,17H,7,9-11H2,1H3. The van der Waals surface area contributed by atoms with E-state index in [-0.39, 0.29) is 5.75 Å². The first-order valence-corrected chi connectivity index (χ1v) is 7.87. The molecule has 0 amide bonds. The third-order valence-corrected chi connectivity index (χ3v) is 4.31. The van der Waals surface area contributed by atoms with E-state index < -0.39 is 6.61 Å². The lowest BCUT2D eigenvalue weighted by atomic mass is 10.2. The quantitative estimate of drug-likeness (QED) is 0.812. The first kappa shape index (κ1) is 16.6. The van der Waals surface area contributed by atoms with Crippen LogP contribution in [0.25, 0.3) is 0 Å². The van der Waals surface area contributed by atoms with Gasteiger partial charge in [0.1, 0.15) is 17.9 Å². The van der Waals surface area contributed by atoms with Crippen LogP contribution in [0.2, 0.25) is 0 Å². The van der Waals surface area contributed by atoms with E-state index in [4.69, 9.17) is 0 Å². The molecule has 0 radical (unpaired) electrons. The zero-order valence-electron chi connectivity index (χ0n) is 13.5. The zero-order valence-corrected chi connectivity index (χ0v) is 13.5. The van der Waals surface area contributed by atoms with E-state index in [1.54, 1.807) is 18.3 Å². The molecular weight excluding hydrogens is 314 g/mol. The smallest absolute Gasteiger partial charge is 0.387 e. The van der Waals surface area contributed by atoms with Crippen molar-refractivity contribution in [3.8, 4) is 5.75 Å². The van der Waals surface area contributed by atoms with Gasteiger partial charge in [-0.05, 0) is 18.6 Å². The molecule has 1 aliphatic heterocycles. The number of alkyl halides is 2. The highest BCUT2D eigenvalue weighted by molar-refractivity contribution is 5.37. The number of likely N-dealkylation sites (N-methyl/N-ethyl adjacent to an activating group) is 1. The summed E-state index contributed by atoms with van der Waals surface area (Å²) in [5, 5.41) is 0. The molecule has 7 heteroatoms. The van der Waals surface area contributed by atoms with Gasteiger partial charge >= 0.3 is 6.61 Å². The number of anilines is 1. The van der Waals surface area contributed by atoms with Crippen molar-refractivity contribution in [2.45, 2.75) is 25.6 Å². The SMILES string of the molecule is CN(c1ccncn1)C1CCN(Cc2ccccc2OC(F)F)C1. The molecule has 1 saturated heterocycles. The minimum Gasteiger partial charge on any atom is -0.434 e. The summed E-state index contributed by atoms with van der Waals surface area (Å²) in [6, 6.07) is 9.18. The summed E-state index contributed by atoms with van der Waals surface area (Å²) in [5.74, 6) is 1.14. The molecule has 1 unspecified atom stereocenters. The number of hydrogen-bond acceptors (Lipinski definition) is 5. The van der Waals surface area contributed by atoms with Gasteiger partial charge in [0.15, 0.2) is 0 Å². The molecular formula is C17H20F2N4O. The van der Waals surface area contributed by atoms with Crippen LogP contribution in [-0.4, -0.2) is 47.7 Å². The normalized spacial score (nSPS) is 18.1. The van der Waals surface area contributed by atoms with Crippen molar-refractivity contribution < 1.29 is 13.5 Å². The molecule has 1 aromatic heterocycles. The minimum atomic E-state index is -2.80. The topological polar surface area (TPSA) is 41.5 Å². The monoisotopic (exact) mass is 334 g/mol. The molecule has 2 heterocycles. The van der Waals surface area contributed by atoms with Crippen molar-refractivity contribution in [3.05, 3.63) is 48.4 Å². The van der Waals surface area contributed by atoms with Gasteiger partial charge in [0.25, 0.3) is 0 Å². The first-order valence-electron chi connectivity index (χ1n) is 7.87. The van der Waals surface area contributed by atoms with Gasteiger partial charge in [-0.3, -0.25) is 4.90 Å². The largest absolute Gasteiger partial charge is 0.434 e. The van der Waals surface area contributed by atoms with Crippen LogP contribution in [0.3, 0.4) is 0 Å². The second-order valence-electron chi connectivity index (χ2n) is 5.84. The van der Waals surface area contributed by atoms with Crippen molar-refractivity contribution in [3.63, 3.8) is 0 Å². The van der Waals surface area contributed by atoms with Crippen molar-refractivity contribution in [2.24, 2.45) is 0 Å². The zero-order chi connectivity index (χ0) is 16.9. The fourth-order valence-corrected chi connectivity index (χ4v) is 3.04. The van der Waals surface area contributed by atoms with Gasteiger partial charge in [-0.1, -0.05) is 18.2 Å². The molecule has 0 N–H and O–H groups in total. The molecule has 1 atom stereocenters. The van der Waals surface area contributed by atoms with Crippen LogP contribution in [0, 0.1) is 0 Å². The number of ether oxygens (including phenoxy) is 1. The van der Waals surface area contributed by atoms with Crippen molar-refractivity contribution in [1.82, 2.24) is 14.9 Å². The Morgan fingerprint density at radius 2 is 2.17 bits per heavy atom. The molecule has 0 bridgehead atoms. The maximum absolute atomic E-state index is 12.5. The lowest BCUT2D eigenvalue weighted by molar-refractivity contribution is -0.0507. The molecule has 1 aromatic carbocycles. The number of aromatic nitrogens is 2. The maximum atomic E-state index is 12.5. The Hall–Kier alpha value is -2.28. The third kappa shape index (κ3) is 3.97. The Bertz CT molecular complexity index is 656. The molecule has 0 aliphatic carbocycles. The number of halogens is 2. The summed E-state index contributed by atoms with van der Waals surface area (Å²) < 4.78 is 29.6. The third-order valence-electron chi connectivity index (χ3n) is 4.31. The van der Waals surface area contributed by atoms with Gasteiger partial charge in [-0.25, -0.2) is 9.97 Å². The van der Waals surface area contributed by atoms with Gasteiger partial charge in [-0.2, -0.15) is 8.78 Å². The highest BCUT2D eigenvalue weighted by atomic mass is 19.3. The fraction of sp³-hybridized carbons (Fsp3) is 0.412. The average Bonchev–Trinajstić information content (AvgIpc) is 3.05. The van der Waals surface area contributed by atoms with E-state index in [9.17, 15) is 8.78 Å². The lowest BCUT2D eigenvalue weighted by Gasteiger charge is -2.26. The number of likely N-dealkylation sites (tertiary alicyclic amines) is 1. The molecule has 3 rings (SSSR count). The second kappa shape index (κ2) is 7.53. The summed E-state index contributed by atoms with van der Waals surface area (Å²) >= 11 is 0. The van der Waals surface area contributed by atoms with Crippen molar-refractivity contribution in [1.29, 1.82) is 0 Å². The summed E-state index contributed by atoms with van der Waals surface area (Å²) in [4.78, 5) is 12.6. The van der Waals surface area contributed by atoms with E-state index in [1.807, 2.05) is 25.2 Å². The number of para-hydroxylation sites is 1. The predicted octanol–water partition coefficient (Wildman–Crippen LogP) is 2.79. The van der Waals surface area contributed by atoms with Gasteiger partial charge in [0, 0.05) is 44.5 Å². The van der Waals surface area contributed by atoms with Crippen LogP contribution in [0.5, 0.6) is 5.75 Å². The van der Waals surface area contributed by atoms with Crippen LogP contribution in [-0.2, 0) is 6.54 Å². The highest BCUT2D eigenvalue weighted by Gasteiger charge is 2.27. The Kier molecular flexibility index (Phi) is 5.20. The molecule has 0 spiro atoms. The molecule has 1 aliphatic rings. The number of nitrogens with zero attached hydrogens (tertiary/aromatic N) is 4. The summed E-state index contributed by atoms with van der Waals surface area (Å²) in [6.07, 6.45) is 4.26. The summed E-state index contributed by atoms with van der Waals surface area (Å²) in [6.45, 7) is -0.453. The Morgan fingerprint density at radius 1 is 1.33 bits per heavy atom. The van der Waals surface area contributed by atoms with Gasteiger partial charge in [0.2, 0.25) is 0 Å². The van der Waals surface area contributed by atoms with E-state index in [1.165, 1.54) is 6.33 Å². The molecule has 128 valence electrons. The average molecular weight is 334 g/mol. The van der Waals surface area contributed by atoms with Crippen molar-refractivity contribution in [2.75, 3.05) is 25.0 Å². The summed E-state index contributed by atoms with van der Waals surface area (Å²) in [7, 11) is 2.02. The van der Waals surface area contributed by atoms with Crippen LogP contribution < -0.4 is 9.64 Å². The Balaban J connectivity index is 1.63. The molecule has 24 heavy (non-hydrogen) atoms. The second-order valence-corrected chi connectivity index (χ2v) is 5.84. The number of benzene rings is 1.